The van der Waals surface area contributed by atoms with E-state index in [1.54, 1.807) is 0 Å². The number of ether oxygens (including phenoxy) is 1. The lowest BCUT2D eigenvalue weighted by molar-refractivity contribution is -0.143. The fraction of sp³-hybridized carbons (Fsp3) is 0.300. The van der Waals surface area contributed by atoms with Crippen molar-refractivity contribution in [3.05, 3.63) is 29.8 Å². The molecule has 0 heterocycles. The van der Waals surface area contributed by atoms with E-state index in [4.69, 9.17) is 15.6 Å². The van der Waals surface area contributed by atoms with Crippen LogP contribution < -0.4 is 10.5 Å². The van der Waals surface area contributed by atoms with Crippen molar-refractivity contribution >= 4 is 5.97 Å². The van der Waals surface area contributed by atoms with Gasteiger partial charge in [0.1, 0.15) is 18.0 Å². The van der Waals surface area contributed by atoms with Gasteiger partial charge in [-0.15, -0.1) is 0 Å². The Hall–Kier alpha value is -1.69. The molecule has 0 amide bonds. The van der Waals surface area contributed by atoms with Gasteiger partial charge in [0.05, 0.1) is 0 Å². The van der Waals surface area contributed by atoms with Gasteiger partial charge in [-0.3, -0.25) is 4.79 Å². The lowest BCUT2D eigenvalue weighted by Crippen LogP contribution is -2.50. The second kappa shape index (κ2) is 4.44. The summed E-state index contributed by atoms with van der Waals surface area (Å²) in [5, 5.41) is 8.67. The third-order valence-electron chi connectivity index (χ3n) is 1.91. The second-order valence-corrected chi connectivity index (χ2v) is 3.59. The molecule has 6 heteroatoms. The Bertz CT molecular complexity index is 407. The van der Waals surface area contributed by atoms with Gasteiger partial charge in [-0.2, -0.15) is 0 Å². The molecule has 88 valence electrons. The maximum Gasteiger partial charge on any atom is 0.326 e. The van der Waals surface area contributed by atoms with E-state index < -0.39 is 29.7 Å². The van der Waals surface area contributed by atoms with Gasteiger partial charge in [0.2, 0.25) is 0 Å². The number of carboxylic acid groups (broad SMARTS) is 1. The maximum atomic E-state index is 13.1. The Morgan fingerprint density at radius 2 is 2.19 bits per heavy atom. The minimum atomic E-state index is -1.62. The zero-order valence-electron chi connectivity index (χ0n) is 8.54. The molecule has 0 spiro atoms. The van der Waals surface area contributed by atoms with Gasteiger partial charge in [0.25, 0.3) is 0 Å². The zero-order valence-corrected chi connectivity index (χ0v) is 8.54. The molecule has 1 atom stereocenters. The van der Waals surface area contributed by atoms with E-state index in [2.05, 4.69) is 0 Å². The monoisotopic (exact) mass is 231 g/mol. The van der Waals surface area contributed by atoms with Crippen molar-refractivity contribution in [2.75, 3.05) is 6.61 Å². The Labute approximate surface area is 90.6 Å². The van der Waals surface area contributed by atoms with Crippen LogP contribution in [0.4, 0.5) is 8.78 Å². The molecule has 0 radical (unpaired) electrons. The molecule has 0 aromatic heterocycles. The number of nitrogens with two attached hydrogens (primary N) is 1. The molecule has 1 aromatic carbocycles. The summed E-state index contributed by atoms with van der Waals surface area (Å²) in [6.45, 7) is 0.821. The average Bonchev–Trinajstić information content (AvgIpc) is 2.16. The van der Waals surface area contributed by atoms with E-state index in [-0.39, 0.29) is 5.75 Å². The van der Waals surface area contributed by atoms with Crippen LogP contribution in [0, 0.1) is 11.6 Å². The van der Waals surface area contributed by atoms with Crippen molar-refractivity contribution in [3.8, 4) is 5.75 Å². The number of hydrogen-bond acceptors (Lipinski definition) is 3. The normalized spacial score (nSPS) is 14.2. The Kier molecular flexibility index (Phi) is 3.44. The first-order valence-electron chi connectivity index (χ1n) is 4.43. The molecule has 1 aromatic rings. The zero-order chi connectivity index (χ0) is 12.3. The molecule has 1 rings (SSSR count). The van der Waals surface area contributed by atoms with E-state index in [1.165, 1.54) is 6.92 Å². The molecule has 0 saturated carbocycles. The lowest BCUT2D eigenvalue weighted by Gasteiger charge is -2.19. The van der Waals surface area contributed by atoms with E-state index in [0.717, 1.165) is 12.1 Å². The SMILES string of the molecule is CC(N)(COc1ccc(F)cc1F)C(=O)O. The minimum Gasteiger partial charge on any atom is -0.488 e. The summed E-state index contributed by atoms with van der Waals surface area (Å²) in [5.74, 6) is -3.14. The Morgan fingerprint density at radius 1 is 1.56 bits per heavy atom. The summed E-state index contributed by atoms with van der Waals surface area (Å²) in [7, 11) is 0. The second-order valence-electron chi connectivity index (χ2n) is 3.59. The molecule has 0 aliphatic rings. The van der Waals surface area contributed by atoms with Crippen molar-refractivity contribution in [3.63, 3.8) is 0 Å². The molecule has 0 bridgehead atoms. The number of carbonyl (C=O) groups is 1. The highest BCUT2D eigenvalue weighted by atomic mass is 19.1. The summed E-state index contributed by atoms with van der Waals surface area (Å²) in [5.41, 5.74) is 3.74. The minimum absolute atomic E-state index is 0.237. The Morgan fingerprint density at radius 3 is 2.69 bits per heavy atom. The summed E-state index contributed by atoms with van der Waals surface area (Å²) in [6.07, 6.45) is 0. The standard InChI is InChI=1S/C10H11F2NO3/c1-10(13,9(14)15)5-16-8-3-2-6(11)4-7(8)12/h2-4H,5,13H2,1H3,(H,14,15). The van der Waals surface area contributed by atoms with E-state index >= 15 is 0 Å². The van der Waals surface area contributed by atoms with Crippen molar-refractivity contribution in [1.82, 2.24) is 0 Å². The van der Waals surface area contributed by atoms with Crippen LogP contribution in [0.5, 0.6) is 5.75 Å². The van der Waals surface area contributed by atoms with Crippen LogP contribution in [0.3, 0.4) is 0 Å². The molecule has 0 fully saturated rings. The lowest BCUT2D eigenvalue weighted by atomic mass is 10.1. The van der Waals surface area contributed by atoms with Gasteiger partial charge in [-0.1, -0.05) is 0 Å². The van der Waals surface area contributed by atoms with Crippen LogP contribution >= 0.6 is 0 Å². The molecule has 4 nitrogen and oxygen atoms in total. The van der Waals surface area contributed by atoms with Crippen molar-refractivity contribution < 1.29 is 23.4 Å². The van der Waals surface area contributed by atoms with Gasteiger partial charge in [-0.05, 0) is 19.1 Å². The average molecular weight is 231 g/mol. The highest BCUT2D eigenvalue weighted by Crippen LogP contribution is 2.18. The molecular formula is C10H11F2NO3. The first-order chi connectivity index (χ1) is 7.33. The van der Waals surface area contributed by atoms with Crippen LogP contribution in [0.25, 0.3) is 0 Å². The number of aliphatic carboxylic acids is 1. The van der Waals surface area contributed by atoms with Gasteiger partial charge >= 0.3 is 5.97 Å². The Balaban J connectivity index is 2.72. The predicted octanol–water partition coefficient (Wildman–Crippen LogP) is 1.15. The molecule has 0 aliphatic carbocycles. The number of halogens is 2. The smallest absolute Gasteiger partial charge is 0.326 e. The fourth-order valence-corrected chi connectivity index (χ4v) is 0.882. The summed E-state index contributed by atoms with van der Waals surface area (Å²) in [6, 6.07) is 2.72. The summed E-state index contributed by atoms with van der Waals surface area (Å²) in [4.78, 5) is 10.6. The third kappa shape index (κ3) is 2.90. The highest BCUT2D eigenvalue weighted by molar-refractivity contribution is 5.78. The van der Waals surface area contributed by atoms with Crippen LogP contribution in [-0.2, 0) is 4.79 Å². The van der Waals surface area contributed by atoms with Crippen LogP contribution in [0.1, 0.15) is 6.92 Å². The van der Waals surface area contributed by atoms with Crippen molar-refractivity contribution in [2.24, 2.45) is 5.73 Å². The number of benzene rings is 1. The van der Waals surface area contributed by atoms with Gasteiger partial charge in [0, 0.05) is 6.07 Å². The molecular weight excluding hydrogens is 220 g/mol. The molecule has 0 aliphatic heterocycles. The predicted molar refractivity (Wildman–Crippen MR) is 52.1 cm³/mol. The third-order valence-corrected chi connectivity index (χ3v) is 1.91. The topological polar surface area (TPSA) is 72.5 Å². The molecule has 1 unspecified atom stereocenters. The van der Waals surface area contributed by atoms with Crippen molar-refractivity contribution in [2.45, 2.75) is 12.5 Å². The fourth-order valence-electron chi connectivity index (χ4n) is 0.882. The highest BCUT2D eigenvalue weighted by Gasteiger charge is 2.29. The van der Waals surface area contributed by atoms with E-state index in [0.29, 0.717) is 6.07 Å². The number of carboxylic acids is 1. The van der Waals surface area contributed by atoms with Crippen molar-refractivity contribution in [1.29, 1.82) is 0 Å². The number of rotatable bonds is 4. The summed E-state index contributed by atoms with van der Waals surface area (Å²) < 4.78 is 30.5. The van der Waals surface area contributed by atoms with Crippen LogP contribution in [-0.4, -0.2) is 23.2 Å². The maximum absolute atomic E-state index is 13.1. The first-order valence-corrected chi connectivity index (χ1v) is 4.43. The molecule has 3 N–H and O–H groups in total. The summed E-state index contributed by atoms with van der Waals surface area (Å²) >= 11 is 0. The van der Waals surface area contributed by atoms with Gasteiger partial charge < -0.3 is 15.6 Å². The molecule has 16 heavy (non-hydrogen) atoms. The van der Waals surface area contributed by atoms with Crippen LogP contribution in [0.15, 0.2) is 18.2 Å². The largest absolute Gasteiger partial charge is 0.488 e. The van der Waals surface area contributed by atoms with E-state index in [9.17, 15) is 13.6 Å². The van der Waals surface area contributed by atoms with Gasteiger partial charge in [0.15, 0.2) is 11.6 Å². The molecule has 0 saturated heterocycles. The number of hydrogen-bond donors (Lipinski definition) is 2. The van der Waals surface area contributed by atoms with E-state index in [1.807, 2.05) is 0 Å². The quantitative estimate of drug-likeness (QED) is 0.815. The van der Waals surface area contributed by atoms with Gasteiger partial charge in [-0.25, -0.2) is 8.78 Å². The van der Waals surface area contributed by atoms with Crippen LogP contribution in [0.2, 0.25) is 0 Å². The first kappa shape index (κ1) is 12.4.